The van der Waals surface area contributed by atoms with Gasteiger partial charge < -0.3 is 9.88 Å². The quantitative estimate of drug-likeness (QED) is 0.500. The molecule has 0 fully saturated rings. The van der Waals surface area contributed by atoms with Crippen molar-refractivity contribution in [3.05, 3.63) is 96.2 Å². The van der Waals surface area contributed by atoms with Crippen molar-refractivity contribution in [3.8, 4) is 22.4 Å². The maximum Gasteiger partial charge on any atom is 0.203 e. The molecule has 3 aromatic carbocycles. The van der Waals surface area contributed by atoms with E-state index in [1.807, 2.05) is 19.3 Å². The summed E-state index contributed by atoms with van der Waals surface area (Å²) in [7, 11) is 2.05. The molecular weight excluding hydrogens is 330 g/mol. The molecule has 0 atom stereocenters. The lowest BCUT2D eigenvalue weighted by Crippen LogP contribution is -2.05. The van der Waals surface area contributed by atoms with E-state index in [4.69, 9.17) is 0 Å². The molecule has 4 rings (SSSR count). The third kappa shape index (κ3) is 3.77. The Morgan fingerprint density at radius 2 is 1.52 bits per heavy atom. The van der Waals surface area contributed by atoms with Crippen molar-refractivity contribution >= 4 is 5.95 Å². The number of anilines is 1. The first kappa shape index (κ1) is 17.1. The van der Waals surface area contributed by atoms with Gasteiger partial charge in [-0.2, -0.15) is 0 Å². The van der Waals surface area contributed by atoms with E-state index >= 15 is 0 Å². The van der Waals surface area contributed by atoms with Crippen molar-refractivity contribution in [1.82, 2.24) is 9.55 Å². The van der Waals surface area contributed by atoms with Crippen LogP contribution >= 0.6 is 0 Å². The molecule has 4 aromatic rings. The monoisotopic (exact) mass is 353 g/mol. The van der Waals surface area contributed by atoms with Gasteiger partial charge >= 0.3 is 0 Å². The van der Waals surface area contributed by atoms with Crippen LogP contribution in [0, 0.1) is 6.92 Å². The van der Waals surface area contributed by atoms with Gasteiger partial charge in [0.2, 0.25) is 5.95 Å². The summed E-state index contributed by atoms with van der Waals surface area (Å²) in [4.78, 5) is 4.56. The van der Waals surface area contributed by atoms with Crippen LogP contribution in [0.5, 0.6) is 0 Å². The highest BCUT2D eigenvalue weighted by Crippen LogP contribution is 2.26. The lowest BCUT2D eigenvalue weighted by molar-refractivity contribution is 0.906. The van der Waals surface area contributed by atoms with E-state index in [9.17, 15) is 0 Å². The molecule has 0 unspecified atom stereocenters. The molecule has 134 valence electrons. The van der Waals surface area contributed by atoms with E-state index in [0.29, 0.717) is 0 Å². The summed E-state index contributed by atoms with van der Waals surface area (Å²) < 4.78 is 2.10. The average Bonchev–Trinajstić information content (AvgIpc) is 3.08. The second-order valence-corrected chi connectivity index (χ2v) is 6.81. The summed E-state index contributed by atoms with van der Waals surface area (Å²) in [6.07, 6.45) is 1.93. The van der Waals surface area contributed by atoms with Crippen LogP contribution in [0.2, 0.25) is 0 Å². The summed E-state index contributed by atoms with van der Waals surface area (Å²) in [5, 5.41) is 3.44. The van der Waals surface area contributed by atoms with Crippen LogP contribution in [0.3, 0.4) is 0 Å². The normalized spacial score (nSPS) is 10.7. The molecule has 1 heterocycles. The van der Waals surface area contributed by atoms with Crippen LogP contribution in [0.4, 0.5) is 5.95 Å². The number of benzene rings is 3. The highest BCUT2D eigenvalue weighted by Gasteiger charge is 2.09. The third-order valence-electron chi connectivity index (χ3n) is 4.81. The maximum atomic E-state index is 4.56. The Balaban J connectivity index is 1.51. The van der Waals surface area contributed by atoms with Gasteiger partial charge in [0, 0.05) is 13.6 Å². The average molecular weight is 353 g/mol. The van der Waals surface area contributed by atoms with Crippen LogP contribution < -0.4 is 5.32 Å². The summed E-state index contributed by atoms with van der Waals surface area (Å²) in [6.45, 7) is 2.88. The lowest BCUT2D eigenvalue weighted by Gasteiger charge is -2.09. The minimum atomic E-state index is 0.763. The van der Waals surface area contributed by atoms with Gasteiger partial charge in [-0.15, -0.1) is 0 Å². The molecule has 0 radical (unpaired) electrons. The van der Waals surface area contributed by atoms with Crippen LogP contribution in [0.1, 0.15) is 11.1 Å². The highest BCUT2D eigenvalue weighted by molar-refractivity contribution is 5.69. The molecule has 3 nitrogen and oxygen atoms in total. The molecule has 1 N–H and O–H groups in total. The zero-order valence-corrected chi connectivity index (χ0v) is 15.7. The van der Waals surface area contributed by atoms with Crippen molar-refractivity contribution < 1.29 is 0 Å². The third-order valence-corrected chi connectivity index (χ3v) is 4.81. The summed E-state index contributed by atoms with van der Waals surface area (Å²) in [5.74, 6) is 0.874. The van der Waals surface area contributed by atoms with Crippen molar-refractivity contribution in [2.75, 3.05) is 5.32 Å². The van der Waals surface area contributed by atoms with Gasteiger partial charge in [-0.3, -0.25) is 0 Å². The number of rotatable bonds is 5. The molecule has 27 heavy (non-hydrogen) atoms. The van der Waals surface area contributed by atoms with E-state index in [1.54, 1.807) is 0 Å². The Kier molecular flexibility index (Phi) is 4.75. The van der Waals surface area contributed by atoms with Crippen molar-refractivity contribution in [1.29, 1.82) is 0 Å². The Labute approximate surface area is 160 Å². The zero-order chi connectivity index (χ0) is 18.6. The van der Waals surface area contributed by atoms with E-state index in [2.05, 4.69) is 94.6 Å². The van der Waals surface area contributed by atoms with E-state index < -0.39 is 0 Å². The Hall–Kier alpha value is -3.33. The van der Waals surface area contributed by atoms with Gasteiger partial charge in [0.05, 0.1) is 11.9 Å². The summed E-state index contributed by atoms with van der Waals surface area (Å²) in [5.41, 5.74) is 7.24. The SMILES string of the molecule is Cc1cccc(CNc2ncc(-c3ccc(-c4ccccc4)cc3)n2C)c1. The van der Waals surface area contributed by atoms with E-state index in [-0.39, 0.29) is 0 Å². The number of aromatic nitrogens is 2. The fourth-order valence-corrected chi connectivity index (χ4v) is 3.31. The molecule has 0 aliphatic heterocycles. The molecule has 0 saturated heterocycles. The predicted octanol–water partition coefficient (Wildman–Crippen LogP) is 5.67. The van der Waals surface area contributed by atoms with Gasteiger partial charge in [0.15, 0.2) is 0 Å². The maximum absolute atomic E-state index is 4.56. The number of aryl methyl sites for hydroxylation is 1. The Bertz CT molecular complexity index is 1030. The van der Waals surface area contributed by atoms with Gasteiger partial charge in [0.25, 0.3) is 0 Å². The summed E-state index contributed by atoms with van der Waals surface area (Å²) in [6, 6.07) is 27.6. The number of nitrogens with zero attached hydrogens (tertiary/aromatic N) is 2. The molecule has 0 aliphatic rings. The molecule has 3 heteroatoms. The first-order chi connectivity index (χ1) is 13.2. The second kappa shape index (κ2) is 7.50. The lowest BCUT2D eigenvalue weighted by atomic mass is 10.0. The molecule has 1 aromatic heterocycles. The number of hydrogen-bond donors (Lipinski definition) is 1. The van der Waals surface area contributed by atoms with Crippen LogP contribution in [0.15, 0.2) is 85.1 Å². The standard InChI is InChI=1S/C24H23N3/c1-18-7-6-8-19(15-18)16-25-24-26-17-23(27(24)2)22-13-11-21(12-14-22)20-9-4-3-5-10-20/h3-15,17H,16H2,1-2H3,(H,25,26). The number of hydrogen-bond acceptors (Lipinski definition) is 2. The fraction of sp³-hybridized carbons (Fsp3) is 0.125. The summed E-state index contributed by atoms with van der Waals surface area (Å²) >= 11 is 0. The van der Waals surface area contributed by atoms with Gasteiger partial charge in [0.1, 0.15) is 0 Å². The molecule has 0 amide bonds. The number of imidazole rings is 1. The van der Waals surface area contributed by atoms with E-state index in [1.165, 1.54) is 22.3 Å². The van der Waals surface area contributed by atoms with Gasteiger partial charge in [-0.25, -0.2) is 4.98 Å². The predicted molar refractivity (Wildman–Crippen MR) is 113 cm³/mol. The highest BCUT2D eigenvalue weighted by atomic mass is 15.2. The second-order valence-electron chi connectivity index (χ2n) is 6.81. The molecule has 0 spiro atoms. The minimum Gasteiger partial charge on any atom is -0.352 e. The fourth-order valence-electron chi connectivity index (χ4n) is 3.31. The smallest absolute Gasteiger partial charge is 0.203 e. The first-order valence-corrected chi connectivity index (χ1v) is 9.18. The van der Waals surface area contributed by atoms with E-state index in [0.717, 1.165) is 23.8 Å². The van der Waals surface area contributed by atoms with Crippen molar-refractivity contribution in [2.45, 2.75) is 13.5 Å². The largest absolute Gasteiger partial charge is 0.352 e. The molecule has 0 saturated carbocycles. The first-order valence-electron chi connectivity index (χ1n) is 9.18. The van der Waals surface area contributed by atoms with Gasteiger partial charge in [-0.1, -0.05) is 84.4 Å². The minimum absolute atomic E-state index is 0.763. The molecule has 0 aliphatic carbocycles. The van der Waals surface area contributed by atoms with Gasteiger partial charge in [-0.05, 0) is 29.2 Å². The van der Waals surface area contributed by atoms with Crippen LogP contribution in [-0.2, 0) is 13.6 Å². The number of nitrogens with one attached hydrogen (secondary N) is 1. The van der Waals surface area contributed by atoms with Crippen LogP contribution in [-0.4, -0.2) is 9.55 Å². The Morgan fingerprint density at radius 3 is 2.26 bits per heavy atom. The van der Waals surface area contributed by atoms with Crippen molar-refractivity contribution in [2.24, 2.45) is 7.05 Å². The van der Waals surface area contributed by atoms with Crippen molar-refractivity contribution in [3.63, 3.8) is 0 Å². The topological polar surface area (TPSA) is 29.9 Å². The van der Waals surface area contributed by atoms with Crippen LogP contribution in [0.25, 0.3) is 22.4 Å². The Morgan fingerprint density at radius 1 is 0.815 bits per heavy atom. The molecular formula is C24H23N3. The zero-order valence-electron chi connectivity index (χ0n) is 15.7. The molecule has 0 bridgehead atoms.